The third kappa shape index (κ3) is 1.22. The van der Waals surface area contributed by atoms with Gasteiger partial charge in [-0.3, -0.25) is 0 Å². The molecule has 0 spiro atoms. The lowest BCUT2D eigenvalue weighted by atomic mass is 10.7. The van der Waals surface area contributed by atoms with Crippen LogP contribution in [0.5, 0.6) is 0 Å². The van der Waals surface area contributed by atoms with Gasteiger partial charge in [-0.05, 0) is 0 Å². The molecule has 1 aliphatic heterocycles. The highest BCUT2D eigenvalue weighted by molar-refractivity contribution is 7.64. The molecule has 1 rings (SSSR count). The second kappa shape index (κ2) is 2.29. The zero-order valence-corrected chi connectivity index (χ0v) is 5.99. The molecule has 0 unspecified atom stereocenters. The van der Waals surface area contributed by atoms with Gasteiger partial charge in [0, 0.05) is 4.20 Å². The van der Waals surface area contributed by atoms with Crippen molar-refractivity contribution in [3.63, 3.8) is 0 Å². The highest BCUT2D eigenvalue weighted by atomic mass is 31.2. The molecule has 1 heterocycles. The molecule has 0 radical (unpaired) electrons. The first-order valence-electron chi connectivity index (χ1n) is 2.39. The molecule has 4 nitrogen and oxygen atoms in total. The molecule has 0 aliphatic carbocycles. The Morgan fingerprint density at radius 3 is 1.58 bits per heavy atom. The number of alkyl halides is 3. The molecule has 9 heteroatoms. The summed E-state index contributed by atoms with van der Waals surface area (Å²) >= 11 is 0. The highest BCUT2D eigenvalue weighted by Crippen LogP contribution is 2.76. The predicted octanol–water partition coefficient (Wildman–Crippen LogP) is 1.34. The van der Waals surface area contributed by atoms with Crippen molar-refractivity contribution in [1.29, 1.82) is 0 Å². The third-order valence-corrected chi connectivity index (χ3v) is 2.28. The standard InChI is InChI=1S/C3F4O4P/c4-3(5,6)12(7)10-1(8)2(9)11-12/q+1. The van der Waals surface area contributed by atoms with Crippen LogP contribution in [0.1, 0.15) is 0 Å². The van der Waals surface area contributed by atoms with Gasteiger partial charge in [-0.25, -0.2) is 18.6 Å². The van der Waals surface area contributed by atoms with Crippen LogP contribution in [0.3, 0.4) is 0 Å². The predicted molar refractivity (Wildman–Crippen MR) is 26.3 cm³/mol. The van der Waals surface area contributed by atoms with Crippen LogP contribution in [0.4, 0.5) is 17.4 Å². The van der Waals surface area contributed by atoms with Crippen LogP contribution >= 0.6 is 8.03 Å². The molecule has 68 valence electrons. The van der Waals surface area contributed by atoms with E-state index in [4.69, 9.17) is 0 Å². The molecule has 0 amide bonds. The maximum Gasteiger partial charge on any atom is 0.669 e. The van der Waals surface area contributed by atoms with E-state index in [0.717, 1.165) is 0 Å². The Morgan fingerprint density at radius 1 is 1.08 bits per heavy atom. The van der Waals surface area contributed by atoms with Gasteiger partial charge in [-0.15, -0.1) is 13.2 Å². The van der Waals surface area contributed by atoms with E-state index in [1.807, 2.05) is 0 Å². The molecule has 1 fully saturated rings. The Morgan fingerprint density at radius 2 is 1.42 bits per heavy atom. The fourth-order valence-electron chi connectivity index (χ4n) is 0.410. The number of hydrogen-bond acceptors (Lipinski definition) is 4. The number of hydrogen-bond donors (Lipinski definition) is 0. The van der Waals surface area contributed by atoms with E-state index in [1.54, 1.807) is 0 Å². The van der Waals surface area contributed by atoms with E-state index in [-0.39, 0.29) is 0 Å². The molecule has 1 saturated heterocycles. The van der Waals surface area contributed by atoms with Crippen molar-refractivity contribution < 1.29 is 36.0 Å². The van der Waals surface area contributed by atoms with Gasteiger partial charge in [0.05, 0.1) is 0 Å². The molecule has 1 aliphatic rings. The van der Waals surface area contributed by atoms with Crippen molar-refractivity contribution in [2.24, 2.45) is 0 Å². The molecular formula is C3F4O4P+. The molecule has 0 aromatic rings. The fraction of sp³-hybridized carbons (Fsp3) is 0.333. The topological polar surface area (TPSA) is 52.6 Å². The lowest BCUT2D eigenvalue weighted by molar-refractivity contribution is -0.150. The molecule has 0 aromatic carbocycles. The normalized spacial score (nSPS) is 22.0. The van der Waals surface area contributed by atoms with Crippen LogP contribution in [-0.4, -0.2) is 17.9 Å². The first-order chi connectivity index (χ1) is 5.26. The van der Waals surface area contributed by atoms with Gasteiger partial charge in [-0.1, -0.05) is 0 Å². The van der Waals surface area contributed by atoms with Gasteiger partial charge < -0.3 is 0 Å². The first-order valence-corrected chi connectivity index (χ1v) is 3.91. The van der Waals surface area contributed by atoms with Gasteiger partial charge in [0.1, 0.15) is 0 Å². The second-order valence-electron chi connectivity index (χ2n) is 1.70. The molecule has 0 atom stereocenters. The smallest absolute Gasteiger partial charge is 0.233 e. The van der Waals surface area contributed by atoms with Gasteiger partial charge in [-0.2, -0.15) is 0 Å². The van der Waals surface area contributed by atoms with Crippen LogP contribution in [0, 0.1) is 0 Å². The SMILES string of the molecule is O=C1O[P+](F)(C(F)(F)F)OC1=O. The zero-order valence-electron chi connectivity index (χ0n) is 5.09. The maximum atomic E-state index is 12.4. The number of halogens is 4. The van der Waals surface area contributed by atoms with E-state index in [1.165, 1.54) is 0 Å². The molecule has 0 saturated carbocycles. The average molecular weight is 207 g/mol. The van der Waals surface area contributed by atoms with Crippen molar-refractivity contribution in [3.8, 4) is 0 Å². The average Bonchev–Trinajstić information content (AvgIpc) is 2.06. The van der Waals surface area contributed by atoms with E-state index < -0.39 is 25.9 Å². The Bertz CT molecular complexity index is 231. The Hall–Kier alpha value is -0.910. The quantitative estimate of drug-likeness (QED) is 0.341. The number of carbonyl (C=O) groups is 2. The Kier molecular flexibility index (Phi) is 1.75. The molecule has 0 aromatic heterocycles. The number of rotatable bonds is 0. The van der Waals surface area contributed by atoms with Crippen LogP contribution < -0.4 is 0 Å². The lowest BCUT2D eigenvalue weighted by Crippen LogP contribution is -2.11. The summed E-state index contributed by atoms with van der Waals surface area (Å²) < 4.78 is 53.5. The summed E-state index contributed by atoms with van der Waals surface area (Å²) in [5.41, 5.74) is 0. The molecule has 12 heavy (non-hydrogen) atoms. The zero-order chi connectivity index (χ0) is 9.57. The molecule has 0 bridgehead atoms. The van der Waals surface area contributed by atoms with Gasteiger partial charge in [0.25, 0.3) is 0 Å². The minimum atomic E-state index is -5.82. The van der Waals surface area contributed by atoms with Crippen molar-refractivity contribution in [2.45, 2.75) is 5.92 Å². The van der Waals surface area contributed by atoms with E-state index in [0.29, 0.717) is 0 Å². The highest BCUT2D eigenvalue weighted by Gasteiger charge is 2.81. The van der Waals surface area contributed by atoms with Gasteiger partial charge in [0.2, 0.25) is 0 Å². The van der Waals surface area contributed by atoms with Gasteiger partial charge in [0.15, 0.2) is 0 Å². The minimum absolute atomic E-state index is 1.96. The Balaban J connectivity index is 2.91. The fourth-order valence-corrected chi connectivity index (χ4v) is 1.23. The second-order valence-corrected chi connectivity index (χ2v) is 3.54. The van der Waals surface area contributed by atoms with Crippen molar-refractivity contribution in [1.82, 2.24) is 0 Å². The number of carbonyl (C=O) groups excluding carboxylic acids is 2. The van der Waals surface area contributed by atoms with Crippen LogP contribution in [0.25, 0.3) is 0 Å². The van der Waals surface area contributed by atoms with Gasteiger partial charge >= 0.3 is 25.9 Å². The van der Waals surface area contributed by atoms with Crippen LogP contribution in [0.15, 0.2) is 0 Å². The third-order valence-electron chi connectivity index (χ3n) is 0.870. The summed E-state index contributed by atoms with van der Waals surface area (Å²) in [7, 11) is -5.82. The Labute approximate surface area is 63.1 Å². The van der Waals surface area contributed by atoms with Crippen LogP contribution in [0.2, 0.25) is 0 Å². The maximum absolute atomic E-state index is 12.4. The first kappa shape index (κ1) is 9.18. The lowest BCUT2D eigenvalue weighted by Gasteiger charge is -2.04. The van der Waals surface area contributed by atoms with Crippen molar-refractivity contribution >= 4 is 20.0 Å². The van der Waals surface area contributed by atoms with Crippen molar-refractivity contribution in [3.05, 3.63) is 0 Å². The summed E-state index contributed by atoms with van der Waals surface area (Å²) in [5, 5.41) is 0. The summed E-state index contributed by atoms with van der Waals surface area (Å²) in [6.45, 7) is 0. The van der Waals surface area contributed by atoms with Crippen molar-refractivity contribution in [2.75, 3.05) is 0 Å². The monoisotopic (exact) mass is 207 g/mol. The molecular weight excluding hydrogens is 207 g/mol. The van der Waals surface area contributed by atoms with E-state index in [2.05, 4.69) is 9.05 Å². The summed E-state index contributed by atoms with van der Waals surface area (Å²) in [4.78, 5) is 20.1. The molecule has 0 N–H and O–H groups in total. The summed E-state index contributed by atoms with van der Waals surface area (Å²) in [6, 6.07) is 0. The largest absolute Gasteiger partial charge is 0.669 e. The van der Waals surface area contributed by atoms with Crippen LogP contribution in [-0.2, 0) is 18.6 Å². The minimum Gasteiger partial charge on any atom is -0.233 e. The van der Waals surface area contributed by atoms with E-state index >= 15 is 0 Å². The van der Waals surface area contributed by atoms with E-state index in [9.17, 15) is 27.0 Å². The summed E-state index contributed by atoms with van der Waals surface area (Å²) in [5.74, 6) is -9.37. The summed E-state index contributed by atoms with van der Waals surface area (Å²) in [6.07, 6.45) is 0.